The first-order valence-corrected chi connectivity index (χ1v) is 7.71. The van der Waals surface area contributed by atoms with Crippen molar-refractivity contribution in [3.8, 4) is 0 Å². The molecule has 0 aliphatic heterocycles. The molecule has 2 amide bonds. The van der Waals surface area contributed by atoms with Crippen molar-refractivity contribution < 1.29 is 14.4 Å². The van der Waals surface area contributed by atoms with Crippen LogP contribution in [0.5, 0.6) is 0 Å². The summed E-state index contributed by atoms with van der Waals surface area (Å²) >= 11 is 3.32. The van der Waals surface area contributed by atoms with E-state index in [4.69, 9.17) is 0 Å². The fourth-order valence-corrected chi connectivity index (χ4v) is 3.29. The number of Topliss-reactive ketones (excluding diaryl/α,β-unsaturated/α-hetero) is 1. The highest BCUT2D eigenvalue weighted by molar-refractivity contribution is 9.10. The van der Waals surface area contributed by atoms with Crippen LogP contribution < -0.4 is 10.6 Å². The lowest BCUT2D eigenvalue weighted by molar-refractivity contribution is -0.127. The first-order valence-electron chi connectivity index (χ1n) is 6.92. The smallest absolute Gasteiger partial charge is 0.243 e. The molecule has 21 heavy (non-hydrogen) atoms. The third-order valence-electron chi connectivity index (χ3n) is 4.12. The van der Waals surface area contributed by atoms with Crippen molar-refractivity contribution in [2.24, 2.45) is 17.8 Å². The largest absolute Gasteiger partial charge is 0.347 e. The number of amides is 2. The van der Waals surface area contributed by atoms with E-state index in [1.165, 1.54) is 0 Å². The Kier molecular flexibility index (Phi) is 3.80. The molecule has 0 bridgehead atoms. The maximum Gasteiger partial charge on any atom is 0.243 e. The lowest BCUT2D eigenvalue weighted by Gasteiger charge is -2.08. The Balaban J connectivity index is 1.45. The van der Waals surface area contributed by atoms with Gasteiger partial charge in [-0.05, 0) is 36.6 Å². The lowest BCUT2D eigenvalue weighted by Crippen LogP contribution is -2.35. The molecule has 3 atom stereocenters. The normalized spacial score (nSPS) is 26.1. The fraction of sp³-hybridized carbons (Fsp3) is 0.400. The summed E-state index contributed by atoms with van der Waals surface area (Å²) in [7, 11) is 0. The Morgan fingerprint density at radius 2 is 1.95 bits per heavy atom. The van der Waals surface area contributed by atoms with Crippen LogP contribution in [0.1, 0.15) is 12.8 Å². The molecule has 0 spiro atoms. The third-order valence-corrected chi connectivity index (χ3v) is 4.65. The van der Waals surface area contributed by atoms with Gasteiger partial charge in [0.05, 0.1) is 12.5 Å². The molecule has 0 radical (unpaired) electrons. The summed E-state index contributed by atoms with van der Waals surface area (Å²) < 4.78 is 0.929. The van der Waals surface area contributed by atoms with Gasteiger partial charge in [-0.25, -0.2) is 0 Å². The van der Waals surface area contributed by atoms with Gasteiger partial charge in [-0.2, -0.15) is 0 Å². The second-order valence-corrected chi connectivity index (χ2v) is 6.41. The maximum absolute atomic E-state index is 11.9. The zero-order valence-electron chi connectivity index (χ0n) is 11.3. The number of benzene rings is 1. The molecule has 1 aromatic carbocycles. The van der Waals surface area contributed by atoms with Gasteiger partial charge < -0.3 is 10.6 Å². The Labute approximate surface area is 130 Å². The highest BCUT2D eigenvalue weighted by Gasteiger charge is 2.61. The summed E-state index contributed by atoms with van der Waals surface area (Å²) in [6, 6.07) is 7.19. The first-order chi connectivity index (χ1) is 10.1. The van der Waals surface area contributed by atoms with E-state index in [9.17, 15) is 14.4 Å². The number of ketones is 1. The van der Waals surface area contributed by atoms with Crippen molar-refractivity contribution in [2.45, 2.75) is 12.8 Å². The Morgan fingerprint density at radius 1 is 1.24 bits per heavy atom. The third kappa shape index (κ3) is 3.00. The molecule has 2 N–H and O–H groups in total. The van der Waals surface area contributed by atoms with Crippen LogP contribution in [0.15, 0.2) is 28.7 Å². The van der Waals surface area contributed by atoms with Crippen LogP contribution in [0.2, 0.25) is 0 Å². The van der Waals surface area contributed by atoms with Gasteiger partial charge in [0.2, 0.25) is 11.8 Å². The van der Waals surface area contributed by atoms with Gasteiger partial charge in [-0.1, -0.05) is 15.9 Å². The minimum Gasteiger partial charge on any atom is -0.347 e. The van der Waals surface area contributed by atoms with Crippen LogP contribution in [-0.2, 0) is 14.4 Å². The van der Waals surface area contributed by atoms with Crippen molar-refractivity contribution in [3.63, 3.8) is 0 Å². The number of fused-ring (bicyclic) bond motifs is 1. The molecule has 2 aliphatic carbocycles. The van der Waals surface area contributed by atoms with Gasteiger partial charge >= 0.3 is 0 Å². The maximum atomic E-state index is 11.9. The van der Waals surface area contributed by atoms with Crippen molar-refractivity contribution in [1.29, 1.82) is 0 Å². The molecule has 6 heteroatoms. The Morgan fingerprint density at radius 3 is 2.57 bits per heavy atom. The summed E-state index contributed by atoms with van der Waals surface area (Å²) in [5, 5.41) is 5.31. The number of carbonyl (C=O) groups is 3. The van der Waals surface area contributed by atoms with Crippen LogP contribution in [0, 0.1) is 17.8 Å². The number of anilines is 1. The first kappa shape index (κ1) is 14.3. The molecule has 0 saturated heterocycles. The Hall–Kier alpha value is -1.69. The number of nitrogens with one attached hydrogen (secondary N) is 2. The van der Waals surface area contributed by atoms with E-state index < -0.39 is 0 Å². The van der Waals surface area contributed by atoms with Crippen molar-refractivity contribution in [3.05, 3.63) is 28.7 Å². The van der Waals surface area contributed by atoms with E-state index in [1.54, 1.807) is 12.1 Å². The molecule has 1 aromatic rings. The second kappa shape index (κ2) is 5.60. The molecule has 2 saturated carbocycles. The van der Waals surface area contributed by atoms with Gasteiger partial charge in [-0.15, -0.1) is 0 Å². The number of hydrogen-bond acceptors (Lipinski definition) is 3. The van der Waals surface area contributed by atoms with E-state index in [2.05, 4.69) is 26.6 Å². The zero-order chi connectivity index (χ0) is 15.0. The summed E-state index contributed by atoms with van der Waals surface area (Å²) in [5.74, 6) is -0.329. The van der Waals surface area contributed by atoms with E-state index in [-0.39, 0.29) is 41.9 Å². The second-order valence-electron chi connectivity index (χ2n) is 5.49. The molecule has 2 aliphatic rings. The van der Waals surface area contributed by atoms with Crippen LogP contribution >= 0.6 is 15.9 Å². The van der Waals surface area contributed by atoms with Gasteiger partial charge in [0.1, 0.15) is 5.78 Å². The molecule has 3 unspecified atom stereocenters. The summed E-state index contributed by atoms with van der Waals surface area (Å²) in [6.45, 7) is -0.0704. The predicted octanol–water partition coefficient (Wildman–Crippen LogP) is 1.73. The van der Waals surface area contributed by atoms with E-state index in [1.807, 2.05) is 12.1 Å². The zero-order valence-corrected chi connectivity index (χ0v) is 12.9. The average molecular weight is 351 g/mol. The molecule has 5 nitrogen and oxygen atoms in total. The van der Waals surface area contributed by atoms with E-state index >= 15 is 0 Å². The number of hydrogen-bond donors (Lipinski definition) is 2. The van der Waals surface area contributed by atoms with Crippen molar-refractivity contribution in [2.75, 3.05) is 11.9 Å². The van der Waals surface area contributed by atoms with Crippen LogP contribution in [0.25, 0.3) is 0 Å². The Bertz CT molecular complexity index is 599. The highest BCUT2D eigenvalue weighted by atomic mass is 79.9. The van der Waals surface area contributed by atoms with Crippen LogP contribution in [0.3, 0.4) is 0 Å². The molecule has 110 valence electrons. The van der Waals surface area contributed by atoms with Crippen LogP contribution in [-0.4, -0.2) is 24.1 Å². The SMILES string of the molecule is O=C(CNC(=O)C1C2CCC(=O)C21)Nc1ccc(Br)cc1. The van der Waals surface area contributed by atoms with Gasteiger partial charge in [0.15, 0.2) is 0 Å². The molecule has 0 aromatic heterocycles. The van der Waals surface area contributed by atoms with Gasteiger partial charge in [0, 0.05) is 22.5 Å². The number of carbonyl (C=O) groups excluding carboxylic acids is 3. The quantitative estimate of drug-likeness (QED) is 0.868. The minimum atomic E-state index is -0.275. The van der Waals surface area contributed by atoms with Crippen molar-refractivity contribution in [1.82, 2.24) is 5.32 Å². The molecular formula is C15H15BrN2O3. The molecule has 3 rings (SSSR count). The molecule has 0 heterocycles. The predicted molar refractivity (Wildman–Crippen MR) is 80.5 cm³/mol. The van der Waals surface area contributed by atoms with Crippen LogP contribution in [0.4, 0.5) is 5.69 Å². The fourth-order valence-electron chi connectivity index (χ4n) is 3.03. The van der Waals surface area contributed by atoms with E-state index in [0.717, 1.165) is 10.9 Å². The molecular weight excluding hydrogens is 336 g/mol. The van der Waals surface area contributed by atoms with Gasteiger partial charge in [0.25, 0.3) is 0 Å². The minimum absolute atomic E-state index is 0.0704. The standard InChI is InChI=1S/C15H15BrN2O3/c16-8-1-3-9(4-2-8)18-12(20)7-17-15(21)14-10-5-6-11(19)13(10)14/h1-4,10,13-14H,5-7H2,(H,17,21)(H,18,20). The highest BCUT2D eigenvalue weighted by Crippen LogP contribution is 2.55. The number of halogens is 1. The van der Waals surface area contributed by atoms with Gasteiger partial charge in [-0.3, -0.25) is 14.4 Å². The average Bonchev–Trinajstić information content (AvgIpc) is 3.08. The summed E-state index contributed by atoms with van der Waals surface area (Å²) in [4.78, 5) is 35.1. The monoisotopic (exact) mass is 350 g/mol. The summed E-state index contributed by atoms with van der Waals surface area (Å²) in [5.41, 5.74) is 0.677. The lowest BCUT2D eigenvalue weighted by atomic mass is 10.1. The topological polar surface area (TPSA) is 75.3 Å². The summed E-state index contributed by atoms with van der Waals surface area (Å²) in [6.07, 6.45) is 1.41. The van der Waals surface area contributed by atoms with Crippen molar-refractivity contribution >= 4 is 39.2 Å². The van der Waals surface area contributed by atoms with E-state index in [0.29, 0.717) is 12.1 Å². The number of rotatable bonds is 4. The molecule has 2 fully saturated rings.